The third kappa shape index (κ3) is 8.64. The first kappa shape index (κ1) is 15.9. The Labute approximate surface area is 97.7 Å². The van der Waals surface area contributed by atoms with Crippen molar-refractivity contribution < 1.29 is 21.9 Å². The molecule has 0 amide bonds. The molecule has 0 spiro atoms. The molecule has 1 heterocycles. The molecule has 0 N–H and O–H groups in total. The van der Waals surface area contributed by atoms with Crippen LogP contribution in [0.4, 0.5) is 17.3 Å². The number of halogens is 4. The largest absolute Gasteiger partial charge is 0.673 e. The number of aryl methyl sites for hydroxylation is 2. The maximum atomic E-state index is 9.75. The lowest BCUT2D eigenvalue weighted by atomic mass is 9.92. The summed E-state index contributed by atoms with van der Waals surface area (Å²) in [7, 11) is -2.15. The molecule has 4 nitrogen and oxygen atoms in total. The lowest BCUT2D eigenvalue weighted by Crippen LogP contribution is -2.37. The van der Waals surface area contributed by atoms with Crippen molar-refractivity contribution in [3.05, 3.63) is 5.82 Å². The van der Waals surface area contributed by atoms with Gasteiger partial charge in [-0.2, -0.15) is 0 Å². The molecule has 0 aliphatic heterocycles. The molecule has 0 aliphatic carbocycles. The van der Waals surface area contributed by atoms with Gasteiger partial charge < -0.3 is 17.3 Å². The van der Waals surface area contributed by atoms with Crippen LogP contribution in [0.3, 0.4) is 0 Å². The van der Waals surface area contributed by atoms with Gasteiger partial charge in [-0.15, -0.1) is 4.68 Å². The molecule has 0 unspecified atom stereocenters. The molecule has 0 atom stereocenters. The normalized spacial score (nSPS) is 12.1. The first-order chi connectivity index (χ1) is 7.40. The molecule has 1 aromatic rings. The summed E-state index contributed by atoms with van der Waals surface area (Å²) in [6, 6.07) is 0. The molecule has 1 rings (SSSR count). The fourth-order valence-electron chi connectivity index (χ4n) is 1.14. The second kappa shape index (κ2) is 5.46. The summed E-state index contributed by atoms with van der Waals surface area (Å²) in [4.78, 5) is 0. The van der Waals surface area contributed by atoms with Crippen LogP contribution in [0.1, 0.15) is 26.6 Å². The quantitative estimate of drug-likeness (QED) is 0.434. The van der Waals surface area contributed by atoms with Crippen LogP contribution in [0.2, 0.25) is 0 Å². The van der Waals surface area contributed by atoms with Gasteiger partial charge in [0, 0.05) is 6.42 Å². The minimum absolute atomic E-state index is 0.285. The number of hydrogen-bond acceptors (Lipinski definition) is 2. The van der Waals surface area contributed by atoms with Gasteiger partial charge in [-0.3, -0.25) is 0 Å². The molecule has 0 aliphatic rings. The third-order valence-electron chi connectivity index (χ3n) is 1.74. The summed E-state index contributed by atoms with van der Waals surface area (Å²) in [5.41, 5.74) is 0.285. The topological polar surface area (TPSA) is 34.6 Å². The minimum atomic E-state index is -6.00. The number of aromatic nitrogens is 4. The maximum Gasteiger partial charge on any atom is 0.673 e. The standard InChI is InChI=1S/C8H17N4.BF4/c1-8(2,3)6-7-11(4)9-10-12(7)5;2-1(3,4)5/h6H2,1-5H3;/q+1;-1. The minimum Gasteiger partial charge on any atom is -0.418 e. The Bertz CT molecular complexity index is 330. The molecule has 0 bridgehead atoms. The van der Waals surface area contributed by atoms with Crippen LogP contribution in [0.15, 0.2) is 0 Å². The van der Waals surface area contributed by atoms with Crippen LogP contribution in [-0.2, 0) is 20.5 Å². The molecule has 0 saturated heterocycles. The van der Waals surface area contributed by atoms with Gasteiger partial charge in [-0.1, -0.05) is 25.5 Å². The highest BCUT2D eigenvalue weighted by molar-refractivity contribution is 6.50. The SMILES string of the molecule is Cn1nn[n+](C)c1CC(C)(C)C.F[B-](F)(F)F. The summed E-state index contributed by atoms with van der Waals surface area (Å²) in [6.07, 6.45) is 0.993. The van der Waals surface area contributed by atoms with Gasteiger partial charge in [0.15, 0.2) is 5.21 Å². The summed E-state index contributed by atoms with van der Waals surface area (Å²) in [5.74, 6) is 1.16. The van der Waals surface area contributed by atoms with Crippen LogP contribution in [0, 0.1) is 5.41 Å². The van der Waals surface area contributed by atoms with Gasteiger partial charge in [0.05, 0.1) is 14.1 Å². The van der Waals surface area contributed by atoms with Crippen LogP contribution in [-0.4, -0.2) is 22.4 Å². The van der Waals surface area contributed by atoms with E-state index in [2.05, 4.69) is 31.2 Å². The highest BCUT2D eigenvalue weighted by Gasteiger charge is 2.22. The Hall–Kier alpha value is -1.15. The summed E-state index contributed by atoms with van der Waals surface area (Å²) in [6.45, 7) is 6.62. The van der Waals surface area contributed by atoms with Gasteiger partial charge in [0.25, 0.3) is 5.82 Å². The van der Waals surface area contributed by atoms with E-state index in [0.717, 1.165) is 12.2 Å². The van der Waals surface area contributed by atoms with E-state index < -0.39 is 7.25 Å². The van der Waals surface area contributed by atoms with Gasteiger partial charge in [-0.05, 0) is 5.41 Å². The molecular formula is C8H17BF4N4. The predicted molar refractivity (Wildman–Crippen MR) is 55.5 cm³/mol. The Kier molecular flexibility index (Phi) is 5.09. The average Bonchev–Trinajstić information content (AvgIpc) is 2.30. The molecule has 0 radical (unpaired) electrons. The molecule has 1 aromatic heterocycles. The van der Waals surface area contributed by atoms with Crippen molar-refractivity contribution >= 4 is 7.25 Å². The number of tetrazole rings is 1. The zero-order valence-electron chi connectivity index (χ0n) is 10.6. The second-order valence-corrected chi connectivity index (χ2v) is 4.87. The van der Waals surface area contributed by atoms with Crippen molar-refractivity contribution in [1.82, 2.24) is 15.1 Å². The van der Waals surface area contributed by atoms with Gasteiger partial charge in [0.1, 0.15) is 5.21 Å². The van der Waals surface area contributed by atoms with E-state index in [4.69, 9.17) is 0 Å². The van der Waals surface area contributed by atoms with E-state index in [0.29, 0.717) is 0 Å². The Morgan fingerprint density at radius 1 is 1.24 bits per heavy atom. The number of rotatable bonds is 1. The third-order valence-corrected chi connectivity index (χ3v) is 1.74. The molecule has 0 fully saturated rings. The van der Waals surface area contributed by atoms with Crippen LogP contribution in [0.25, 0.3) is 0 Å². The van der Waals surface area contributed by atoms with Crippen molar-refractivity contribution in [2.24, 2.45) is 19.5 Å². The second-order valence-electron chi connectivity index (χ2n) is 4.87. The monoisotopic (exact) mass is 256 g/mol. The Morgan fingerprint density at radius 2 is 1.65 bits per heavy atom. The lowest BCUT2D eigenvalue weighted by molar-refractivity contribution is -0.739. The van der Waals surface area contributed by atoms with E-state index in [9.17, 15) is 17.3 Å². The Balaban J connectivity index is 0.000000437. The van der Waals surface area contributed by atoms with Crippen LogP contribution >= 0.6 is 0 Å². The molecule has 0 saturated carbocycles. The van der Waals surface area contributed by atoms with E-state index >= 15 is 0 Å². The van der Waals surface area contributed by atoms with Gasteiger partial charge in [0.2, 0.25) is 0 Å². The van der Waals surface area contributed by atoms with Crippen molar-refractivity contribution in [2.45, 2.75) is 27.2 Å². The highest BCUT2D eigenvalue weighted by atomic mass is 19.5. The van der Waals surface area contributed by atoms with Crippen molar-refractivity contribution in [2.75, 3.05) is 0 Å². The molecular weight excluding hydrogens is 239 g/mol. The van der Waals surface area contributed by atoms with Crippen LogP contribution in [0.5, 0.6) is 0 Å². The van der Waals surface area contributed by atoms with E-state index in [1.807, 2.05) is 23.5 Å². The van der Waals surface area contributed by atoms with E-state index in [1.54, 1.807) is 0 Å². The van der Waals surface area contributed by atoms with E-state index in [1.165, 1.54) is 0 Å². The van der Waals surface area contributed by atoms with E-state index in [-0.39, 0.29) is 5.41 Å². The molecule has 9 heteroatoms. The van der Waals surface area contributed by atoms with Gasteiger partial charge in [-0.25, -0.2) is 0 Å². The van der Waals surface area contributed by atoms with Crippen molar-refractivity contribution in [3.63, 3.8) is 0 Å². The fraction of sp³-hybridized carbons (Fsp3) is 0.875. The number of hydrogen-bond donors (Lipinski definition) is 0. The zero-order valence-corrected chi connectivity index (χ0v) is 10.6. The molecule has 0 aromatic carbocycles. The maximum absolute atomic E-state index is 9.75. The summed E-state index contributed by atoms with van der Waals surface area (Å²) in [5, 5.41) is 7.86. The van der Waals surface area contributed by atoms with Gasteiger partial charge >= 0.3 is 7.25 Å². The summed E-state index contributed by atoms with van der Waals surface area (Å²) >= 11 is 0. The van der Waals surface area contributed by atoms with Crippen molar-refractivity contribution in [1.29, 1.82) is 0 Å². The Morgan fingerprint density at radius 3 is 1.88 bits per heavy atom. The fourth-order valence-corrected chi connectivity index (χ4v) is 1.14. The summed E-state index contributed by atoms with van der Waals surface area (Å²) < 4.78 is 42.6. The smallest absolute Gasteiger partial charge is 0.418 e. The highest BCUT2D eigenvalue weighted by Crippen LogP contribution is 2.17. The molecule has 100 valence electrons. The van der Waals surface area contributed by atoms with Crippen LogP contribution < -0.4 is 4.68 Å². The number of nitrogens with zero attached hydrogens (tertiary/aromatic N) is 4. The average molecular weight is 256 g/mol. The lowest BCUT2D eigenvalue weighted by Gasteiger charge is -2.14. The zero-order chi connectivity index (χ0) is 13.9. The first-order valence-electron chi connectivity index (χ1n) is 5.02. The first-order valence-corrected chi connectivity index (χ1v) is 5.02. The van der Waals surface area contributed by atoms with Crippen molar-refractivity contribution in [3.8, 4) is 0 Å². The molecule has 17 heavy (non-hydrogen) atoms. The predicted octanol–water partition coefficient (Wildman–Crippen LogP) is 1.53.